The van der Waals surface area contributed by atoms with Gasteiger partial charge in [0, 0.05) is 24.9 Å². The van der Waals surface area contributed by atoms with E-state index in [-0.39, 0.29) is 11.5 Å². The normalized spacial score (nSPS) is 27.5. The lowest BCUT2D eigenvalue weighted by Gasteiger charge is -2.23. The zero-order valence-electron chi connectivity index (χ0n) is 7.94. The van der Waals surface area contributed by atoms with Crippen LogP contribution in [0.4, 0.5) is 0 Å². The Morgan fingerprint density at radius 3 is 3.00 bits per heavy atom. The van der Waals surface area contributed by atoms with Gasteiger partial charge in [0.1, 0.15) is 0 Å². The van der Waals surface area contributed by atoms with E-state index in [2.05, 4.69) is 28.2 Å². The molecule has 1 atom stereocenters. The highest BCUT2D eigenvalue weighted by molar-refractivity contribution is 9.09. The summed E-state index contributed by atoms with van der Waals surface area (Å²) in [5.41, 5.74) is -0.123. The van der Waals surface area contributed by atoms with Crippen LogP contribution in [0.5, 0.6) is 0 Å². The van der Waals surface area contributed by atoms with E-state index in [0.717, 1.165) is 24.8 Å². The predicted octanol–water partition coefficient (Wildman–Crippen LogP) is 1.46. The molecule has 0 saturated carbocycles. The molecule has 1 saturated heterocycles. The number of halogens is 1. The average molecular weight is 250 g/mol. The predicted molar refractivity (Wildman–Crippen MR) is 55.0 cm³/mol. The van der Waals surface area contributed by atoms with Crippen LogP contribution in [0.15, 0.2) is 0 Å². The van der Waals surface area contributed by atoms with Crippen molar-refractivity contribution in [1.82, 2.24) is 5.32 Å². The molecule has 13 heavy (non-hydrogen) atoms. The fraction of sp³-hybridized carbons (Fsp3) is 0.889. The summed E-state index contributed by atoms with van der Waals surface area (Å²) < 4.78 is 5.54. The summed E-state index contributed by atoms with van der Waals surface area (Å²) in [6, 6.07) is 0. The molecule has 1 aliphatic heterocycles. The maximum absolute atomic E-state index is 11.1. The second-order valence-electron chi connectivity index (χ2n) is 3.62. The standard InChI is InChI=1S/C9H16BrNO2/c1-9(4-2-6-13-9)7-11-8(12)3-5-10/h2-7H2,1H3,(H,11,12). The fourth-order valence-electron chi connectivity index (χ4n) is 1.44. The zero-order valence-corrected chi connectivity index (χ0v) is 9.52. The van der Waals surface area contributed by atoms with Gasteiger partial charge in [-0.2, -0.15) is 0 Å². The first-order valence-electron chi connectivity index (χ1n) is 4.63. The van der Waals surface area contributed by atoms with Crippen LogP contribution in [-0.4, -0.2) is 30.0 Å². The molecule has 1 rings (SSSR count). The smallest absolute Gasteiger partial charge is 0.220 e. The number of rotatable bonds is 4. The first-order valence-corrected chi connectivity index (χ1v) is 5.75. The van der Waals surface area contributed by atoms with Crippen LogP contribution in [0.2, 0.25) is 0 Å². The van der Waals surface area contributed by atoms with Crippen molar-refractivity contribution in [2.45, 2.75) is 31.8 Å². The third kappa shape index (κ3) is 3.65. The van der Waals surface area contributed by atoms with Crippen LogP contribution in [-0.2, 0) is 9.53 Å². The van der Waals surface area contributed by atoms with E-state index in [0.29, 0.717) is 13.0 Å². The van der Waals surface area contributed by atoms with Crippen LogP contribution in [0.1, 0.15) is 26.2 Å². The van der Waals surface area contributed by atoms with Crippen LogP contribution in [0, 0.1) is 0 Å². The molecule has 0 aliphatic carbocycles. The maximum atomic E-state index is 11.1. The van der Waals surface area contributed by atoms with Crippen LogP contribution in [0.3, 0.4) is 0 Å². The highest BCUT2D eigenvalue weighted by Crippen LogP contribution is 2.23. The number of carbonyl (C=O) groups excluding carboxylic acids is 1. The summed E-state index contributed by atoms with van der Waals surface area (Å²) in [7, 11) is 0. The first kappa shape index (κ1) is 11.0. The van der Waals surface area contributed by atoms with Gasteiger partial charge in [-0.1, -0.05) is 15.9 Å². The first-order chi connectivity index (χ1) is 6.16. The van der Waals surface area contributed by atoms with Crippen molar-refractivity contribution in [2.75, 3.05) is 18.5 Å². The van der Waals surface area contributed by atoms with E-state index in [9.17, 15) is 4.79 Å². The molecule has 1 aliphatic rings. The number of amides is 1. The summed E-state index contributed by atoms with van der Waals surface area (Å²) >= 11 is 3.22. The average Bonchev–Trinajstić information content (AvgIpc) is 2.51. The summed E-state index contributed by atoms with van der Waals surface area (Å²) in [6.07, 6.45) is 2.68. The Bertz CT molecular complexity index is 178. The number of carbonyl (C=O) groups is 1. The molecular weight excluding hydrogens is 234 g/mol. The highest BCUT2D eigenvalue weighted by atomic mass is 79.9. The largest absolute Gasteiger partial charge is 0.373 e. The molecule has 1 unspecified atom stereocenters. The number of ether oxygens (including phenoxy) is 1. The van der Waals surface area contributed by atoms with Crippen molar-refractivity contribution in [3.63, 3.8) is 0 Å². The second kappa shape index (κ2) is 4.96. The molecule has 3 nitrogen and oxygen atoms in total. The molecular formula is C9H16BrNO2. The van der Waals surface area contributed by atoms with Gasteiger partial charge in [0.2, 0.25) is 5.91 Å². The number of hydrogen-bond acceptors (Lipinski definition) is 2. The molecule has 0 spiro atoms. The molecule has 1 N–H and O–H groups in total. The van der Waals surface area contributed by atoms with Gasteiger partial charge in [0.15, 0.2) is 0 Å². The molecule has 76 valence electrons. The van der Waals surface area contributed by atoms with Crippen molar-refractivity contribution in [3.8, 4) is 0 Å². The zero-order chi connectivity index (χ0) is 9.73. The van der Waals surface area contributed by atoms with Gasteiger partial charge in [-0.3, -0.25) is 4.79 Å². The van der Waals surface area contributed by atoms with Crippen molar-refractivity contribution >= 4 is 21.8 Å². The molecule has 0 bridgehead atoms. The van der Waals surface area contributed by atoms with Gasteiger partial charge in [-0.15, -0.1) is 0 Å². The minimum Gasteiger partial charge on any atom is -0.373 e. The fourth-order valence-corrected chi connectivity index (χ4v) is 1.80. The lowest BCUT2D eigenvalue weighted by Crippen LogP contribution is -2.40. The van der Waals surface area contributed by atoms with Crippen LogP contribution in [0.25, 0.3) is 0 Å². The molecule has 0 aromatic rings. The van der Waals surface area contributed by atoms with E-state index in [1.807, 2.05) is 0 Å². The van der Waals surface area contributed by atoms with Crippen LogP contribution < -0.4 is 5.32 Å². The molecule has 1 amide bonds. The van der Waals surface area contributed by atoms with Crippen molar-refractivity contribution in [3.05, 3.63) is 0 Å². The Labute approximate surface area is 87.3 Å². The minimum absolute atomic E-state index is 0.0913. The van der Waals surface area contributed by atoms with E-state index < -0.39 is 0 Å². The van der Waals surface area contributed by atoms with Gasteiger partial charge in [-0.05, 0) is 19.8 Å². The molecule has 0 radical (unpaired) electrons. The van der Waals surface area contributed by atoms with Gasteiger partial charge >= 0.3 is 0 Å². The molecule has 0 aromatic carbocycles. The lowest BCUT2D eigenvalue weighted by molar-refractivity contribution is -0.121. The van der Waals surface area contributed by atoms with Gasteiger partial charge < -0.3 is 10.1 Å². The minimum atomic E-state index is -0.123. The van der Waals surface area contributed by atoms with Gasteiger partial charge in [0.05, 0.1) is 5.60 Å². The Balaban J connectivity index is 2.21. The Morgan fingerprint density at radius 1 is 1.69 bits per heavy atom. The lowest BCUT2D eigenvalue weighted by atomic mass is 10.0. The number of nitrogens with one attached hydrogen (secondary N) is 1. The Kier molecular flexibility index (Phi) is 4.19. The maximum Gasteiger partial charge on any atom is 0.220 e. The van der Waals surface area contributed by atoms with Crippen molar-refractivity contribution in [2.24, 2.45) is 0 Å². The highest BCUT2D eigenvalue weighted by Gasteiger charge is 2.29. The number of hydrogen-bond donors (Lipinski definition) is 1. The monoisotopic (exact) mass is 249 g/mol. The topological polar surface area (TPSA) is 38.3 Å². The van der Waals surface area contributed by atoms with E-state index >= 15 is 0 Å². The van der Waals surface area contributed by atoms with Gasteiger partial charge in [-0.25, -0.2) is 0 Å². The molecule has 1 heterocycles. The number of alkyl halides is 1. The summed E-state index contributed by atoms with van der Waals surface area (Å²) in [6.45, 7) is 3.51. The van der Waals surface area contributed by atoms with Crippen LogP contribution >= 0.6 is 15.9 Å². The van der Waals surface area contributed by atoms with Crippen molar-refractivity contribution < 1.29 is 9.53 Å². The van der Waals surface area contributed by atoms with Gasteiger partial charge in [0.25, 0.3) is 0 Å². The summed E-state index contributed by atoms with van der Waals surface area (Å²) in [4.78, 5) is 11.1. The summed E-state index contributed by atoms with van der Waals surface area (Å²) in [5, 5.41) is 3.59. The summed E-state index contributed by atoms with van der Waals surface area (Å²) in [5.74, 6) is 0.0913. The third-order valence-electron chi connectivity index (χ3n) is 2.28. The quantitative estimate of drug-likeness (QED) is 0.767. The Morgan fingerprint density at radius 2 is 2.46 bits per heavy atom. The molecule has 1 fully saturated rings. The van der Waals surface area contributed by atoms with E-state index in [4.69, 9.17) is 4.74 Å². The third-order valence-corrected chi connectivity index (χ3v) is 2.68. The molecule has 4 heteroatoms. The van der Waals surface area contributed by atoms with Crippen molar-refractivity contribution in [1.29, 1.82) is 0 Å². The Hall–Kier alpha value is -0.0900. The SMILES string of the molecule is CC1(CNC(=O)CCBr)CCCO1. The van der Waals surface area contributed by atoms with E-state index in [1.165, 1.54) is 0 Å². The van der Waals surface area contributed by atoms with E-state index in [1.54, 1.807) is 0 Å². The second-order valence-corrected chi connectivity index (χ2v) is 4.41. The molecule has 0 aromatic heterocycles.